The summed E-state index contributed by atoms with van der Waals surface area (Å²) >= 11 is 0. The van der Waals surface area contributed by atoms with E-state index in [9.17, 15) is 14.0 Å². The van der Waals surface area contributed by atoms with Gasteiger partial charge in [0.05, 0.1) is 11.8 Å². The minimum absolute atomic E-state index is 0.0823. The highest BCUT2D eigenvalue weighted by atomic mass is 19.1. The van der Waals surface area contributed by atoms with Crippen LogP contribution in [0.15, 0.2) is 36.7 Å². The number of aromatic nitrogens is 4. The molecular formula is C24H27FN6O2. The third kappa shape index (κ3) is 4.15. The number of halogens is 1. The maximum absolute atomic E-state index is 14.4. The van der Waals surface area contributed by atoms with Crippen LogP contribution >= 0.6 is 0 Å². The van der Waals surface area contributed by atoms with E-state index >= 15 is 0 Å². The third-order valence-electron chi connectivity index (χ3n) is 6.63. The van der Waals surface area contributed by atoms with Gasteiger partial charge in [-0.2, -0.15) is 10.2 Å². The van der Waals surface area contributed by atoms with Gasteiger partial charge in [0.2, 0.25) is 0 Å². The van der Waals surface area contributed by atoms with Crippen molar-refractivity contribution in [3.05, 3.63) is 65.0 Å². The first-order valence-electron chi connectivity index (χ1n) is 11.4. The number of hydrogen-bond acceptors (Lipinski definition) is 4. The summed E-state index contributed by atoms with van der Waals surface area (Å²) < 4.78 is 17.6. The van der Waals surface area contributed by atoms with Gasteiger partial charge in [-0.15, -0.1) is 0 Å². The van der Waals surface area contributed by atoms with Crippen molar-refractivity contribution in [3.63, 3.8) is 0 Å². The number of aryl methyl sites for hydroxylation is 1. The Labute approximate surface area is 191 Å². The zero-order chi connectivity index (χ0) is 22.9. The van der Waals surface area contributed by atoms with Gasteiger partial charge >= 0.3 is 0 Å². The molecule has 1 N–H and O–H groups in total. The van der Waals surface area contributed by atoms with Crippen LogP contribution in [-0.2, 0) is 19.9 Å². The Balaban J connectivity index is 1.23. The Kier molecular flexibility index (Phi) is 5.70. The van der Waals surface area contributed by atoms with Gasteiger partial charge < -0.3 is 10.2 Å². The van der Waals surface area contributed by atoms with Gasteiger partial charge in [-0.3, -0.25) is 14.3 Å². The molecule has 2 amide bonds. The van der Waals surface area contributed by atoms with E-state index < -0.39 is 0 Å². The second kappa shape index (κ2) is 8.80. The van der Waals surface area contributed by atoms with E-state index in [-0.39, 0.29) is 17.6 Å². The number of carbonyl (C=O) groups excluding carboxylic acids is 2. The van der Waals surface area contributed by atoms with Gasteiger partial charge in [0.25, 0.3) is 11.8 Å². The molecule has 5 rings (SSSR count). The Morgan fingerprint density at radius 3 is 2.70 bits per heavy atom. The monoisotopic (exact) mass is 450 g/mol. The van der Waals surface area contributed by atoms with E-state index in [1.165, 1.54) is 6.07 Å². The van der Waals surface area contributed by atoms with Gasteiger partial charge in [0.1, 0.15) is 11.5 Å². The summed E-state index contributed by atoms with van der Waals surface area (Å²) in [4.78, 5) is 27.4. The van der Waals surface area contributed by atoms with Gasteiger partial charge in [-0.25, -0.2) is 9.07 Å². The van der Waals surface area contributed by atoms with Crippen molar-refractivity contribution in [3.8, 4) is 5.69 Å². The Morgan fingerprint density at radius 1 is 1.18 bits per heavy atom. The molecule has 172 valence electrons. The van der Waals surface area contributed by atoms with E-state index in [4.69, 9.17) is 0 Å². The van der Waals surface area contributed by atoms with Crippen LogP contribution in [0.4, 0.5) is 4.39 Å². The number of piperidine rings is 1. The molecule has 1 saturated heterocycles. The molecule has 3 aromatic rings. The molecule has 8 nitrogen and oxygen atoms in total. The van der Waals surface area contributed by atoms with Crippen LogP contribution in [0.5, 0.6) is 0 Å². The number of nitrogens with one attached hydrogen (secondary N) is 1. The van der Waals surface area contributed by atoms with Crippen molar-refractivity contribution in [2.45, 2.75) is 32.1 Å². The van der Waals surface area contributed by atoms with Crippen LogP contribution in [0.2, 0.25) is 0 Å². The highest BCUT2D eigenvalue weighted by molar-refractivity contribution is 5.94. The summed E-state index contributed by atoms with van der Waals surface area (Å²) in [6, 6.07) is 6.54. The summed E-state index contributed by atoms with van der Waals surface area (Å²) in [5, 5.41) is 11.6. The average molecular weight is 451 g/mol. The fourth-order valence-electron chi connectivity index (χ4n) is 4.80. The molecule has 2 aliphatic rings. The lowest BCUT2D eigenvalue weighted by Crippen LogP contribution is -2.42. The fourth-order valence-corrected chi connectivity index (χ4v) is 4.80. The van der Waals surface area contributed by atoms with E-state index in [0.717, 1.165) is 43.4 Å². The predicted molar refractivity (Wildman–Crippen MR) is 120 cm³/mol. The molecule has 1 aliphatic heterocycles. The zero-order valence-corrected chi connectivity index (χ0v) is 18.6. The Hall–Kier alpha value is -3.49. The lowest BCUT2D eigenvalue weighted by Gasteiger charge is -2.31. The van der Waals surface area contributed by atoms with Crippen LogP contribution in [0.1, 0.15) is 51.4 Å². The normalized spacial score (nSPS) is 16.1. The predicted octanol–water partition coefficient (Wildman–Crippen LogP) is 2.52. The molecule has 0 radical (unpaired) electrons. The summed E-state index contributed by atoms with van der Waals surface area (Å²) in [5.41, 5.74) is 3.28. The molecule has 0 spiro atoms. The molecule has 1 aliphatic carbocycles. The maximum atomic E-state index is 14.4. The summed E-state index contributed by atoms with van der Waals surface area (Å²) in [6.45, 7) is 1.81. The molecule has 3 heterocycles. The van der Waals surface area contributed by atoms with Crippen molar-refractivity contribution in [2.24, 2.45) is 13.0 Å². The molecule has 0 unspecified atom stereocenters. The van der Waals surface area contributed by atoms with E-state index in [2.05, 4.69) is 15.5 Å². The fraction of sp³-hybridized carbons (Fsp3) is 0.417. The summed E-state index contributed by atoms with van der Waals surface area (Å²) in [5.74, 6) is -0.240. The standard InChI is InChI=1S/C24H27FN6O2/c1-29-15-17(14-27-29)23(32)26-13-16-9-11-30(12-10-16)24(33)22-18-5-4-8-20(18)31(28-22)21-7-3-2-6-19(21)25/h2-3,6-7,14-16H,4-5,8-13H2,1H3,(H,26,32). The third-order valence-corrected chi connectivity index (χ3v) is 6.63. The molecular weight excluding hydrogens is 423 g/mol. The molecule has 2 aromatic heterocycles. The SMILES string of the molecule is Cn1cc(C(=O)NCC2CCN(C(=O)c3nn(-c4ccccc4F)c4c3CCC4)CC2)cn1. The average Bonchev–Trinajstić information content (AvgIpc) is 3.55. The van der Waals surface area contributed by atoms with Gasteiger partial charge in [-0.1, -0.05) is 12.1 Å². The number of rotatable bonds is 5. The molecule has 0 atom stereocenters. The first kappa shape index (κ1) is 21.4. The number of carbonyl (C=O) groups is 2. The molecule has 0 bridgehead atoms. The highest BCUT2D eigenvalue weighted by Crippen LogP contribution is 2.30. The highest BCUT2D eigenvalue weighted by Gasteiger charge is 2.32. The van der Waals surface area contributed by atoms with E-state index in [0.29, 0.717) is 42.5 Å². The van der Waals surface area contributed by atoms with Gasteiger partial charge in [0.15, 0.2) is 5.69 Å². The number of para-hydroxylation sites is 1. The number of hydrogen-bond donors (Lipinski definition) is 1. The zero-order valence-electron chi connectivity index (χ0n) is 18.6. The lowest BCUT2D eigenvalue weighted by atomic mass is 9.96. The maximum Gasteiger partial charge on any atom is 0.274 e. The number of amides is 2. The van der Waals surface area contributed by atoms with E-state index in [1.807, 2.05) is 4.90 Å². The van der Waals surface area contributed by atoms with Gasteiger partial charge in [-0.05, 0) is 50.2 Å². The van der Waals surface area contributed by atoms with Crippen LogP contribution in [-0.4, -0.2) is 55.9 Å². The lowest BCUT2D eigenvalue weighted by molar-refractivity contribution is 0.0677. The first-order valence-corrected chi connectivity index (χ1v) is 11.4. The summed E-state index contributed by atoms with van der Waals surface area (Å²) in [6.07, 6.45) is 7.40. The second-order valence-corrected chi connectivity index (χ2v) is 8.84. The van der Waals surface area contributed by atoms with Crippen LogP contribution in [0.25, 0.3) is 5.69 Å². The number of likely N-dealkylation sites (tertiary alicyclic amines) is 1. The number of fused-ring (bicyclic) bond motifs is 1. The minimum atomic E-state index is -0.345. The van der Waals surface area contributed by atoms with E-state index in [1.54, 1.807) is 47.0 Å². The molecule has 0 saturated carbocycles. The minimum Gasteiger partial charge on any atom is -0.352 e. The van der Waals surface area contributed by atoms with Crippen LogP contribution in [0.3, 0.4) is 0 Å². The molecule has 9 heteroatoms. The largest absolute Gasteiger partial charge is 0.352 e. The number of benzene rings is 1. The van der Waals surface area contributed by atoms with Crippen molar-refractivity contribution < 1.29 is 14.0 Å². The Morgan fingerprint density at radius 2 is 1.97 bits per heavy atom. The number of nitrogens with zero attached hydrogens (tertiary/aromatic N) is 5. The smallest absolute Gasteiger partial charge is 0.274 e. The molecule has 1 aromatic carbocycles. The van der Waals surface area contributed by atoms with Crippen molar-refractivity contribution >= 4 is 11.8 Å². The first-order chi connectivity index (χ1) is 16.0. The van der Waals surface area contributed by atoms with Crippen LogP contribution < -0.4 is 5.32 Å². The quantitative estimate of drug-likeness (QED) is 0.647. The Bertz CT molecular complexity index is 1190. The van der Waals surface area contributed by atoms with Gasteiger partial charge in [0, 0.05) is 44.1 Å². The van der Waals surface area contributed by atoms with Crippen molar-refractivity contribution in [2.75, 3.05) is 19.6 Å². The molecule has 1 fully saturated rings. The topological polar surface area (TPSA) is 85.0 Å². The van der Waals surface area contributed by atoms with Crippen molar-refractivity contribution in [1.29, 1.82) is 0 Å². The summed E-state index contributed by atoms with van der Waals surface area (Å²) in [7, 11) is 1.78. The van der Waals surface area contributed by atoms with Crippen LogP contribution in [0, 0.1) is 11.7 Å². The molecule has 33 heavy (non-hydrogen) atoms. The van der Waals surface area contributed by atoms with Crippen molar-refractivity contribution in [1.82, 2.24) is 29.8 Å². The second-order valence-electron chi connectivity index (χ2n) is 8.84.